The van der Waals surface area contributed by atoms with Gasteiger partial charge in [0.25, 0.3) is 5.91 Å². The van der Waals surface area contributed by atoms with Crippen molar-refractivity contribution in [2.24, 2.45) is 0 Å². The number of piperazine rings is 1. The van der Waals surface area contributed by atoms with E-state index in [0.717, 1.165) is 48.8 Å². The summed E-state index contributed by atoms with van der Waals surface area (Å²) in [6, 6.07) is 12.2. The second-order valence-electron chi connectivity index (χ2n) is 8.29. The van der Waals surface area contributed by atoms with Gasteiger partial charge < -0.3 is 24.6 Å². The highest BCUT2D eigenvalue weighted by atomic mass is 16.7. The number of fused-ring (bicyclic) bond motifs is 1. The van der Waals surface area contributed by atoms with Crippen LogP contribution in [0.4, 0.5) is 0 Å². The van der Waals surface area contributed by atoms with Crippen LogP contribution < -0.4 is 24.6 Å². The second kappa shape index (κ2) is 8.43. The van der Waals surface area contributed by atoms with Crippen molar-refractivity contribution in [1.29, 1.82) is 0 Å². The number of ether oxygens (including phenoxy) is 2. The number of carbonyl (C=O) groups is 1. The lowest BCUT2D eigenvalue weighted by Gasteiger charge is -2.33. The molecule has 0 radical (unpaired) electrons. The fourth-order valence-corrected chi connectivity index (χ4v) is 4.15. The smallest absolute Gasteiger partial charge is 0.251 e. The number of aryl methyl sites for hydroxylation is 2. The van der Waals surface area contributed by atoms with Gasteiger partial charge in [0.2, 0.25) is 6.79 Å². The molecule has 2 aliphatic heterocycles. The average molecular weight is 398 g/mol. The zero-order chi connectivity index (χ0) is 20.4. The molecule has 0 aromatic heterocycles. The van der Waals surface area contributed by atoms with Gasteiger partial charge in [0, 0.05) is 11.1 Å². The summed E-state index contributed by atoms with van der Waals surface area (Å²) in [5.74, 6) is 1.58. The van der Waals surface area contributed by atoms with E-state index in [1.165, 1.54) is 16.0 Å². The van der Waals surface area contributed by atoms with E-state index in [1.54, 1.807) is 4.90 Å². The fourth-order valence-electron chi connectivity index (χ4n) is 4.15. The van der Waals surface area contributed by atoms with Gasteiger partial charge in [-0.1, -0.05) is 6.07 Å². The fraction of sp³-hybridized carbons (Fsp3) is 0.435. The molecule has 29 heavy (non-hydrogen) atoms. The van der Waals surface area contributed by atoms with Crippen molar-refractivity contribution in [3.8, 4) is 11.5 Å². The quantitative estimate of drug-likeness (QED) is 0.662. The summed E-state index contributed by atoms with van der Waals surface area (Å²) in [7, 11) is 2.24. The highest BCUT2D eigenvalue weighted by Crippen LogP contribution is 2.33. The standard InChI is InChI=1S/C23H29N3O3/c1-16-4-5-19(12-17(16)2)23(27)24-14-20(26-10-8-25(3)9-11-26)18-6-7-21-22(13-18)29-15-28-21/h4-7,12-13,20H,8-11,14-15H2,1-3H3,(H,24,27)/p+2/t20-/m0/s1. The van der Waals surface area contributed by atoms with Gasteiger partial charge in [0.05, 0.1) is 13.6 Å². The Hall–Kier alpha value is -2.57. The van der Waals surface area contributed by atoms with E-state index in [-0.39, 0.29) is 18.7 Å². The van der Waals surface area contributed by atoms with E-state index in [1.807, 2.05) is 31.2 Å². The van der Waals surface area contributed by atoms with Crippen molar-refractivity contribution in [3.63, 3.8) is 0 Å². The second-order valence-corrected chi connectivity index (χ2v) is 8.29. The van der Waals surface area contributed by atoms with Crippen LogP contribution in [0.25, 0.3) is 0 Å². The molecule has 154 valence electrons. The maximum absolute atomic E-state index is 12.8. The summed E-state index contributed by atoms with van der Waals surface area (Å²) in [6.07, 6.45) is 0. The number of quaternary nitrogens is 2. The molecular weight excluding hydrogens is 366 g/mol. The molecule has 0 unspecified atom stereocenters. The predicted molar refractivity (Wildman–Crippen MR) is 111 cm³/mol. The number of hydrogen-bond donors (Lipinski definition) is 3. The molecule has 1 fully saturated rings. The van der Waals surface area contributed by atoms with Gasteiger partial charge >= 0.3 is 0 Å². The van der Waals surface area contributed by atoms with Crippen molar-refractivity contribution < 1.29 is 24.1 Å². The zero-order valence-electron chi connectivity index (χ0n) is 17.5. The summed E-state index contributed by atoms with van der Waals surface area (Å²) in [4.78, 5) is 15.9. The first-order chi connectivity index (χ1) is 14.0. The molecule has 1 atom stereocenters. The van der Waals surface area contributed by atoms with Crippen LogP contribution in [0.1, 0.15) is 33.1 Å². The highest BCUT2D eigenvalue weighted by molar-refractivity contribution is 5.94. The lowest BCUT2D eigenvalue weighted by Crippen LogP contribution is -3.27. The molecule has 2 aliphatic rings. The SMILES string of the molecule is Cc1ccc(C(=O)NC[C@@H](c2ccc3c(c2)OCO3)[NH+]2CC[NH+](C)CC2)cc1C. The van der Waals surface area contributed by atoms with Gasteiger partial charge in [0.15, 0.2) is 11.5 Å². The first kappa shape index (κ1) is 19.7. The topological polar surface area (TPSA) is 56.4 Å². The Balaban J connectivity index is 1.52. The molecule has 2 aromatic carbocycles. The molecule has 1 amide bonds. The van der Waals surface area contributed by atoms with Crippen LogP contribution in [-0.4, -0.2) is 52.5 Å². The minimum Gasteiger partial charge on any atom is -0.454 e. The van der Waals surface area contributed by atoms with Crippen LogP contribution in [0.15, 0.2) is 36.4 Å². The van der Waals surface area contributed by atoms with E-state index in [2.05, 4.69) is 31.4 Å². The largest absolute Gasteiger partial charge is 0.454 e. The molecule has 2 heterocycles. The van der Waals surface area contributed by atoms with Crippen LogP contribution in [0.5, 0.6) is 11.5 Å². The number of carbonyl (C=O) groups excluding carboxylic acids is 1. The minimum atomic E-state index is -0.0157. The van der Waals surface area contributed by atoms with Gasteiger partial charge in [-0.25, -0.2) is 0 Å². The molecule has 3 N–H and O–H groups in total. The number of amides is 1. The van der Waals surface area contributed by atoms with E-state index in [0.29, 0.717) is 6.54 Å². The van der Waals surface area contributed by atoms with Crippen molar-refractivity contribution >= 4 is 5.91 Å². The van der Waals surface area contributed by atoms with Crippen LogP contribution >= 0.6 is 0 Å². The molecular formula is C23H31N3O3+2. The molecule has 0 bridgehead atoms. The third kappa shape index (κ3) is 4.38. The predicted octanol–water partition coefficient (Wildman–Crippen LogP) is -0.0836. The summed E-state index contributed by atoms with van der Waals surface area (Å²) in [6.45, 7) is 9.43. The van der Waals surface area contributed by atoms with Gasteiger partial charge in [-0.3, -0.25) is 4.79 Å². The van der Waals surface area contributed by atoms with Crippen LogP contribution in [0, 0.1) is 13.8 Å². The maximum Gasteiger partial charge on any atom is 0.251 e. The van der Waals surface area contributed by atoms with Gasteiger partial charge in [0.1, 0.15) is 32.2 Å². The molecule has 0 aliphatic carbocycles. The van der Waals surface area contributed by atoms with Gasteiger partial charge in [-0.2, -0.15) is 0 Å². The van der Waals surface area contributed by atoms with E-state index in [4.69, 9.17) is 9.47 Å². The summed E-state index contributed by atoms with van der Waals surface area (Å²) in [5.41, 5.74) is 4.24. The van der Waals surface area contributed by atoms with E-state index >= 15 is 0 Å². The van der Waals surface area contributed by atoms with Crippen molar-refractivity contribution in [2.45, 2.75) is 19.9 Å². The van der Waals surface area contributed by atoms with Crippen LogP contribution in [-0.2, 0) is 0 Å². The Labute approximate surface area is 172 Å². The Morgan fingerprint density at radius 1 is 1.00 bits per heavy atom. The van der Waals surface area contributed by atoms with Crippen molar-refractivity contribution in [2.75, 3.05) is 46.6 Å². The molecule has 6 heteroatoms. The number of benzene rings is 2. The summed E-state index contributed by atoms with van der Waals surface area (Å²) < 4.78 is 11.1. The van der Waals surface area contributed by atoms with Crippen molar-refractivity contribution in [1.82, 2.24) is 5.32 Å². The Bertz CT molecular complexity index is 891. The zero-order valence-corrected chi connectivity index (χ0v) is 17.5. The Morgan fingerprint density at radius 2 is 1.76 bits per heavy atom. The van der Waals surface area contributed by atoms with Crippen LogP contribution in [0.2, 0.25) is 0 Å². The Morgan fingerprint density at radius 3 is 2.52 bits per heavy atom. The number of hydrogen-bond acceptors (Lipinski definition) is 3. The van der Waals surface area contributed by atoms with Crippen LogP contribution in [0.3, 0.4) is 0 Å². The molecule has 2 aromatic rings. The third-order valence-corrected chi connectivity index (χ3v) is 6.27. The van der Waals surface area contributed by atoms with Gasteiger partial charge in [-0.15, -0.1) is 0 Å². The third-order valence-electron chi connectivity index (χ3n) is 6.27. The normalized spacial score (nSPS) is 21.6. The molecule has 0 saturated carbocycles. The average Bonchev–Trinajstić information content (AvgIpc) is 3.19. The lowest BCUT2D eigenvalue weighted by atomic mass is 10.0. The lowest BCUT2D eigenvalue weighted by molar-refractivity contribution is -1.02. The van der Waals surface area contributed by atoms with Crippen molar-refractivity contribution in [3.05, 3.63) is 58.7 Å². The summed E-state index contributed by atoms with van der Waals surface area (Å²) >= 11 is 0. The summed E-state index contributed by atoms with van der Waals surface area (Å²) in [5, 5.41) is 3.18. The molecule has 6 nitrogen and oxygen atoms in total. The Kier molecular flexibility index (Phi) is 5.74. The number of nitrogens with one attached hydrogen (secondary N) is 3. The highest BCUT2D eigenvalue weighted by Gasteiger charge is 2.31. The number of likely N-dealkylation sites (N-methyl/N-ethyl adjacent to an activating group) is 1. The molecule has 4 rings (SSSR count). The molecule has 1 saturated heterocycles. The first-order valence-corrected chi connectivity index (χ1v) is 10.4. The van der Waals surface area contributed by atoms with E-state index in [9.17, 15) is 4.79 Å². The van der Waals surface area contributed by atoms with E-state index < -0.39 is 0 Å². The first-order valence-electron chi connectivity index (χ1n) is 10.4. The van der Waals surface area contributed by atoms with Gasteiger partial charge in [-0.05, 0) is 55.3 Å². The monoisotopic (exact) mass is 397 g/mol. The minimum absolute atomic E-state index is 0.0157. The molecule has 0 spiro atoms. The number of rotatable bonds is 5. The maximum atomic E-state index is 12.8.